The second kappa shape index (κ2) is 12.2. The highest BCUT2D eigenvalue weighted by Gasteiger charge is 2.30. The first-order valence-corrected chi connectivity index (χ1v) is 9.82. The van der Waals surface area contributed by atoms with Crippen molar-refractivity contribution in [3.63, 3.8) is 0 Å². The van der Waals surface area contributed by atoms with Gasteiger partial charge in [-0.2, -0.15) is 0 Å². The second-order valence-electron chi connectivity index (χ2n) is 7.55. The van der Waals surface area contributed by atoms with Gasteiger partial charge < -0.3 is 37.6 Å². The summed E-state index contributed by atoms with van der Waals surface area (Å²) in [4.78, 5) is 59.5. The highest BCUT2D eigenvalue weighted by atomic mass is 16.4. The molecule has 4 amide bonds. The fourth-order valence-corrected chi connectivity index (χ4v) is 2.73. The standard InChI is InChI=1S/C20H29N5O7/c1-10(2)17(20(32)23-9-16(28)29)25-19(31)14(8-15(22)27)24-18(30)13(21)7-11-3-5-12(26)6-4-11/h3-6,10,13-14,17,26H,7-9,21H2,1-2H3,(H2,22,27)(H,23,32)(H,24,30)(H,25,31)(H,28,29). The summed E-state index contributed by atoms with van der Waals surface area (Å²) >= 11 is 0. The first-order valence-electron chi connectivity index (χ1n) is 9.82. The predicted molar refractivity (Wildman–Crippen MR) is 113 cm³/mol. The van der Waals surface area contributed by atoms with Crippen LogP contribution in [0.15, 0.2) is 24.3 Å². The average Bonchev–Trinajstić information content (AvgIpc) is 2.70. The lowest BCUT2D eigenvalue weighted by Gasteiger charge is -2.25. The van der Waals surface area contributed by atoms with E-state index in [-0.39, 0.29) is 12.2 Å². The maximum atomic E-state index is 12.7. The van der Waals surface area contributed by atoms with Crippen molar-refractivity contribution in [3.8, 4) is 5.75 Å². The van der Waals surface area contributed by atoms with Gasteiger partial charge in [0.1, 0.15) is 24.4 Å². The number of benzene rings is 1. The molecule has 0 saturated carbocycles. The number of carbonyl (C=O) groups excluding carboxylic acids is 4. The Morgan fingerprint density at radius 2 is 1.56 bits per heavy atom. The molecule has 3 unspecified atom stereocenters. The second-order valence-corrected chi connectivity index (χ2v) is 7.55. The lowest BCUT2D eigenvalue weighted by Crippen LogP contribution is -2.58. The van der Waals surface area contributed by atoms with Gasteiger partial charge in [0.2, 0.25) is 23.6 Å². The Hall–Kier alpha value is -3.67. The molecule has 0 bridgehead atoms. The molecule has 0 heterocycles. The van der Waals surface area contributed by atoms with Crippen molar-refractivity contribution in [2.24, 2.45) is 17.4 Å². The number of aliphatic carboxylic acids is 1. The summed E-state index contributed by atoms with van der Waals surface area (Å²) < 4.78 is 0. The van der Waals surface area contributed by atoms with Crippen LogP contribution in [0.2, 0.25) is 0 Å². The van der Waals surface area contributed by atoms with E-state index in [9.17, 15) is 29.1 Å². The van der Waals surface area contributed by atoms with Crippen molar-refractivity contribution in [2.75, 3.05) is 6.54 Å². The first kappa shape index (κ1) is 26.4. The molecule has 9 N–H and O–H groups in total. The molecule has 1 rings (SSSR count). The van der Waals surface area contributed by atoms with Crippen molar-refractivity contribution in [3.05, 3.63) is 29.8 Å². The summed E-state index contributed by atoms with van der Waals surface area (Å²) in [6, 6.07) is 2.47. The molecule has 0 aliphatic carbocycles. The number of phenolic OH excluding ortho intramolecular Hbond substituents is 1. The smallest absolute Gasteiger partial charge is 0.322 e. The lowest BCUT2D eigenvalue weighted by molar-refractivity contribution is -0.139. The highest BCUT2D eigenvalue weighted by Crippen LogP contribution is 2.11. The molecule has 0 radical (unpaired) electrons. The number of nitrogens with two attached hydrogens (primary N) is 2. The van der Waals surface area contributed by atoms with Gasteiger partial charge in [-0.3, -0.25) is 24.0 Å². The molecule has 0 fully saturated rings. The Morgan fingerprint density at radius 1 is 0.969 bits per heavy atom. The van der Waals surface area contributed by atoms with Crippen molar-refractivity contribution < 1.29 is 34.2 Å². The Bertz CT molecular complexity index is 841. The molecule has 12 nitrogen and oxygen atoms in total. The van der Waals surface area contributed by atoms with Crippen LogP contribution < -0.4 is 27.4 Å². The monoisotopic (exact) mass is 451 g/mol. The van der Waals surface area contributed by atoms with E-state index < -0.39 is 66.6 Å². The van der Waals surface area contributed by atoms with Gasteiger partial charge in [-0.25, -0.2) is 0 Å². The van der Waals surface area contributed by atoms with Crippen LogP contribution in [0.25, 0.3) is 0 Å². The minimum Gasteiger partial charge on any atom is -0.508 e. The molecule has 0 spiro atoms. The van der Waals surface area contributed by atoms with Crippen LogP contribution in [0.3, 0.4) is 0 Å². The third-order valence-electron chi connectivity index (χ3n) is 4.43. The number of nitrogens with one attached hydrogen (secondary N) is 3. The number of hydrogen-bond acceptors (Lipinski definition) is 7. The largest absolute Gasteiger partial charge is 0.508 e. The summed E-state index contributed by atoms with van der Waals surface area (Å²) in [6.07, 6.45) is -0.436. The van der Waals surface area contributed by atoms with Gasteiger partial charge in [0, 0.05) is 0 Å². The topological polar surface area (TPSA) is 214 Å². The van der Waals surface area contributed by atoms with E-state index in [0.717, 1.165) is 0 Å². The van der Waals surface area contributed by atoms with Crippen LogP contribution in [-0.2, 0) is 30.4 Å². The summed E-state index contributed by atoms with van der Waals surface area (Å²) in [6.45, 7) is 2.62. The number of amides is 4. The number of aromatic hydroxyl groups is 1. The van der Waals surface area contributed by atoms with Gasteiger partial charge in [0.25, 0.3) is 0 Å². The molecule has 0 aromatic heterocycles. The number of rotatable bonds is 12. The molecule has 3 atom stereocenters. The summed E-state index contributed by atoms with van der Waals surface area (Å²) in [7, 11) is 0. The minimum absolute atomic E-state index is 0.0528. The maximum Gasteiger partial charge on any atom is 0.322 e. The van der Waals surface area contributed by atoms with E-state index in [0.29, 0.717) is 5.56 Å². The molecular formula is C20H29N5O7. The van der Waals surface area contributed by atoms with Gasteiger partial charge in [0.15, 0.2) is 0 Å². The van der Waals surface area contributed by atoms with Crippen LogP contribution in [0.1, 0.15) is 25.8 Å². The van der Waals surface area contributed by atoms with E-state index in [1.165, 1.54) is 12.1 Å². The minimum atomic E-state index is -1.39. The van der Waals surface area contributed by atoms with E-state index in [2.05, 4.69) is 16.0 Å². The molecular weight excluding hydrogens is 422 g/mol. The van der Waals surface area contributed by atoms with Gasteiger partial charge in [-0.1, -0.05) is 26.0 Å². The SMILES string of the molecule is CC(C)C(NC(=O)C(CC(N)=O)NC(=O)C(N)Cc1ccc(O)cc1)C(=O)NCC(=O)O. The van der Waals surface area contributed by atoms with Crippen LogP contribution in [0.5, 0.6) is 5.75 Å². The number of carboxylic acid groups (broad SMARTS) is 1. The van der Waals surface area contributed by atoms with Gasteiger partial charge in [-0.05, 0) is 30.0 Å². The van der Waals surface area contributed by atoms with Crippen molar-refractivity contribution in [2.45, 2.75) is 44.8 Å². The van der Waals surface area contributed by atoms with E-state index in [1.807, 2.05) is 0 Å². The van der Waals surface area contributed by atoms with Crippen LogP contribution in [0.4, 0.5) is 0 Å². The number of hydrogen-bond donors (Lipinski definition) is 7. The number of carbonyl (C=O) groups is 5. The van der Waals surface area contributed by atoms with Gasteiger partial charge in [0.05, 0.1) is 12.5 Å². The van der Waals surface area contributed by atoms with Gasteiger partial charge in [-0.15, -0.1) is 0 Å². The predicted octanol–water partition coefficient (Wildman–Crippen LogP) is -2.04. The zero-order chi connectivity index (χ0) is 24.4. The average molecular weight is 451 g/mol. The lowest BCUT2D eigenvalue weighted by atomic mass is 10.0. The van der Waals surface area contributed by atoms with Crippen LogP contribution in [-0.4, -0.2) is 64.5 Å². The Balaban J connectivity index is 2.85. The molecule has 12 heteroatoms. The summed E-state index contributed by atoms with van der Waals surface area (Å²) in [5, 5.41) is 25.0. The number of primary amides is 1. The number of carboxylic acids is 1. The third-order valence-corrected chi connectivity index (χ3v) is 4.43. The van der Waals surface area contributed by atoms with E-state index in [1.54, 1.807) is 26.0 Å². The van der Waals surface area contributed by atoms with E-state index >= 15 is 0 Å². The zero-order valence-electron chi connectivity index (χ0n) is 17.8. The van der Waals surface area contributed by atoms with Crippen LogP contribution in [0, 0.1) is 5.92 Å². The zero-order valence-corrected chi connectivity index (χ0v) is 17.8. The normalized spacial score (nSPS) is 13.5. The molecule has 0 saturated heterocycles. The van der Waals surface area contributed by atoms with E-state index in [4.69, 9.17) is 16.6 Å². The summed E-state index contributed by atoms with van der Waals surface area (Å²) in [5.74, 6) is -4.80. The Labute approximate surface area is 184 Å². The molecule has 32 heavy (non-hydrogen) atoms. The molecule has 1 aromatic carbocycles. The fraction of sp³-hybridized carbons (Fsp3) is 0.450. The van der Waals surface area contributed by atoms with Crippen LogP contribution >= 0.6 is 0 Å². The first-order chi connectivity index (χ1) is 14.9. The van der Waals surface area contributed by atoms with Crippen molar-refractivity contribution >= 4 is 29.6 Å². The molecule has 1 aromatic rings. The quantitative estimate of drug-likeness (QED) is 0.187. The highest BCUT2D eigenvalue weighted by molar-refractivity contribution is 5.96. The number of phenols is 1. The van der Waals surface area contributed by atoms with Crippen molar-refractivity contribution in [1.29, 1.82) is 0 Å². The fourth-order valence-electron chi connectivity index (χ4n) is 2.73. The van der Waals surface area contributed by atoms with Gasteiger partial charge >= 0.3 is 5.97 Å². The maximum absolute atomic E-state index is 12.7. The Morgan fingerprint density at radius 3 is 2.06 bits per heavy atom. The molecule has 0 aliphatic heterocycles. The Kier molecular flexibility index (Phi) is 10.1. The molecule has 176 valence electrons. The van der Waals surface area contributed by atoms with Crippen molar-refractivity contribution in [1.82, 2.24) is 16.0 Å². The third kappa shape index (κ3) is 9.00. The summed E-state index contributed by atoms with van der Waals surface area (Å²) in [5.41, 5.74) is 11.7. The molecule has 0 aliphatic rings.